The topological polar surface area (TPSA) is 4.93 Å². The van der Waals surface area contributed by atoms with Gasteiger partial charge in [0.25, 0.3) is 0 Å². The Hall–Kier alpha value is -3.67. The summed E-state index contributed by atoms with van der Waals surface area (Å²) in [5.74, 6) is 0. The molecule has 0 radical (unpaired) electrons. The molecule has 0 aliphatic rings. The van der Waals surface area contributed by atoms with Crippen LogP contribution in [-0.4, -0.2) is 10.7 Å². The Labute approximate surface area is 201 Å². The third-order valence-corrected chi connectivity index (χ3v) is 12.1. The van der Waals surface area contributed by atoms with Crippen molar-refractivity contribution >= 4 is 45.0 Å². The van der Waals surface area contributed by atoms with Gasteiger partial charge in [0.2, 0.25) is 0 Å². The Morgan fingerprint density at radius 2 is 0.765 bits per heavy atom. The monoisotopic (exact) mass is 457 g/mol. The van der Waals surface area contributed by atoms with Crippen molar-refractivity contribution in [3.63, 3.8) is 0 Å². The summed E-state index contributed by atoms with van der Waals surface area (Å²) in [6.07, 6.45) is 1.09. The fourth-order valence-electron chi connectivity index (χ4n) is 5.62. The van der Waals surface area contributed by atoms with Crippen LogP contribution in [0, 0.1) is 0 Å². The van der Waals surface area contributed by atoms with Crippen LogP contribution in [0.4, 0.5) is 0 Å². The van der Waals surface area contributed by atoms with Gasteiger partial charge in [-0.25, -0.2) is 0 Å². The third-order valence-electron chi connectivity index (χ3n) is 7.19. The van der Waals surface area contributed by atoms with Gasteiger partial charge in [-0.15, -0.1) is 0 Å². The molecule has 0 bridgehead atoms. The summed E-state index contributed by atoms with van der Waals surface area (Å²) in [7, 11) is -2.28. The summed E-state index contributed by atoms with van der Waals surface area (Å²) in [5.41, 5.74) is 2.64. The van der Waals surface area contributed by atoms with Crippen molar-refractivity contribution in [2.45, 2.75) is 6.54 Å². The van der Waals surface area contributed by atoms with E-state index < -0.39 is 7.26 Å². The van der Waals surface area contributed by atoms with Crippen molar-refractivity contribution in [2.75, 3.05) is 6.16 Å². The molecule has 0 spiro atoms. The van der Waals surface area contributed by atoms with Crippen LogP contribution < -0.4 is 15.9 Å². The van der Waals surface area contributed by atoms with Crippen LogP contribution in [0.5, 0.6) is 0 Å². The Morgan fingerprint density at radius 1 is 0.412 bits per heavy atom. The van der Waals surface area contributed by atoms with E-state index in [0.717, 1.165) is 12.7 Å². The number of benzene rings is 5. The number of aromatic nitrogens is 1. The number of rotatable bonds is 6. The second-order valence-electron chi connectivity index (χ2n) is 8.94. The van der Waals surface area contributed by atoms with Crippen molar-refractivity contribution in [2.24, 2.45) is 0 Å². The zero-order chi connectivity index (χ0) is 22.8. The first-order valence-electron chi connectivity index (χ1n) is 12.0. The van der Waals surface area contributed by atoms with Gasteiger partial charge in [-0.2, -0.15) is 0 Å². The predicted octanol–water partition coefficient (Wildman–Crippen LogP) is 6.52. The SMILES string of the molecule is c1ccc([PH](CCn2c3ccccc3c3ccccc32)(c2ccccc2)c2ccccc2)cc1. The van der Waals surface area contributed by atoms with Gasteiger partial charge in [-0.1, -0.05) is 0 Å². The van der Waals surface area contributed by atoms with Crippen LogP contribution in [0.25, 0.3) is 21.8 Å². The van der Waals surface area contributed by atoms with Gasteiger partial charge in [-0.3, -0.25) is 0 Å². The summed E-state index contributed by atoms with van der Waals surface area (Å²) >= 11 is 0. The van der Waals surface area contributed by atoms with Crippen molar-refractivity contribution in [1.82, 2.24) is 4.57 Å². The summed E-state index contributed by atoms with van der Waals surface area (Å²) < 4.78 is 2.54. The molecule has 0 N–H and O–H groups in total. The second kappa shape index (κ2) is 8.93. The van der Waals surface area contributed by atoms with E-state index in [-0.39, 0.29) is 0 Å². The first-order valence-corrected chi connectivity index (χ1v) is 14.2. The molecule has 0 fully saturated rings. The number of fused-ring (bicyclic) bond motifs is 3. The third kappa shape index (κ3) is 3.45. The number of para-hydroxylation sites is 2. The standard InChI is InChI=1S/C32H28NP/c1-4-14-26(15-5-1)34(27-16-6-2-7-17-27,28-18-8-3-9-19-28)25-24-33-31-22-12-10-20-29(31)30-21-11-13-23-32(30)33/h1-23,34H,24-25H2. The van der Waals surface area contributed by atoms with Gasteiger partial charge in [0.1, 0.15) is 0 Å². The van der Waals surface area contributed by atoms with Gasteiger partial charge in [0.05, 0.1) is 0 Å². The number of nitrogens with zero attached hydrogens (tertiary/aromatic N) is 1. The summed E-state index contributed by atoms with van der Waals surface area (Å²) in [6, 6.07) is 51.3. The number of hydrogen-bond donors (Lipinski definition) is 0. The van der Waals surface area contributed by atoms with E-state index in [0.29, 0.717) is 0 Å². The molecule has 0 unspecified atom stereocenters. The van der Waals surface area contributed by atoms with E-state index in [9.17, 15) is 0 Å². The molecule has 0 atom stereocenters. The molecule has 1 nitrogen and oxygen atoms in total. The Bertz CT molecular complexity index is 1390. The van der Waals surface area contributed by atoms with E-state index in [2.05, 4.69) is 144 Å². The van der Waals surface area contributed by atoms with Crippen molar-refractivity contribution < 1.29 is 0 Å². The first kappa shape index (κ1) is 20.9. The molecule has 0 aliphatic heterocycles. The van der Waals surface area contributed by atoms with E-state index in [4.69, 9.17) is 0 Å². The van der Waals surface area contributed by atoms with E-state index in [1.807, 2.05) is 0 Å². The molecular formula is C32H28NP. The molecule has 6 rings (SSSR count). The fourth-order valence-corrected chi connectivity index (χ4v) is 10.3. The first-order chi connectivity index (χ1) is 16.9. The minimum absolute atomic E-state index is 0.971. The van der Waals surface area contributed by atoms with Crippen LogP contribution in [0.3, 0.4) is 0 Å². The van der Waals surface area contributed by atoms with Gasteiger partial charge in [0, 0.05) is 0 Å². The van der Waals surface area contributed by atoms with Gasteiger partial charge >= 0.3 is 202 Å². The molecular weight excluding hydrogens is 429 g/mol. The summed E-state index contributed by atoms with van der Waals surface area (Å²) in [4.78, 5) is 0. The molecule has 1 aromatic heterocycles. The van der Waals surface area contributed by atoms with E-state index >= 15 is 0 Å². The zero-order valence-corrected chi connectivity index (χ0v) is 20.1. The quantitative estimate of drug-likeness (QED) is 0.251. The van der Waals surface area contributed by atoms with E-state index in [1.54, 1.807) is 0 Å². The molecule has 34 heavy (non-hydrogen) atoms. The molecule has 6 aromatic rings. The van der Waals surface area contributed by atoms with Crippen LogP contribution >= 0.6 is 7.26 Å². The molecule has 5 aromatic carbocycles. The van der Waals surface area contributed by atoms with Gasteiger partial charge in [-0.05, 0) is 0 Å². The second-order valence-corrected chi connectivity index (χ2v) is 13.0. The predicted molar refractivity (Wildman–Crippen MR) is 151 cm³/mol. The van der Waals surface area contributed by atoms with Crippen molar-refractivity contribution in [3.8, 4) is 0 Å². The Morgan fingerprint density at radius 3 is 1.18 bits per heavy atom. The van der Waals surface area contributed by atoms with Gasteiger partial charge < -0.3 is 0 Å². The molecule has 0 saturated heterocycles. The fraction of sp³-hybridized carbons (Fsp3) is 0.0625. The van der Waals surface area contributed by atoms with Gasteiger partial charge in [0.15, 0.2) is 0 Å². The van der Waals surface area contributed by atoms with Crippen LogP contribution in [-0.2, 0) is 6.54 Å². The summed E-state index contributed by atoms with van der Waals surface area (Å²) in [5, 5.41) is 7.07. The summed E-state index contributed by atoms with van der Waals surface area (Å²) in [6.45, 7) is 0.971. The molecule has 2 heteroatoms. The molecule has 1 heterocycles. The number of hydrogen-bond acceptors (Lipinski definition) is 0. The Balaban J connectivity index is 1.57. The maximum absolute atomic E-state index is 2.54. The molecule has 166 valence electrons. The Kier molecular flexibility index (Phi) is 5.49. The van der Waals surface area contributed by atoms with Crippen molar-refractivity contribution in [3.05, 3.63) is 140 Å². The average molecular weight is 458 g/mol. The van der Waals surface area contributed by atoms with Crippen LogP contribution in [0.2, 0.25) is 0 Å². The van der Waals surface area contributed by atoms with E-state index in [1.165, 1.54) is 37.7 Å². The molecule has 0 aliphatic carbocycles. The van der Waals surface area contributed by atoms with Crippen LogP contribution in [0.1, 0.15) is 0 Å². The van der Waals surface area contributed by atoms with Crippen molar-refractivity contribution in [1.29, 1.82) is 0 Å². The number of aryl methyl sites for hydroxylation is 1. The van der Waals surface area contributed by atoms with Crippen LogP contribution in [0.15, 0.2) is 140 Å². The zero-order valence-electron chi connectivity index (χ0n) is 19.1. The minimum atomic E-state index is -2.28. The normalized spacial score (nSPS) is 12.2. The molecule has 0 saturated carbocycles. The molecule has 0 amide bonds. The maximum atomic E-state index is 2.54. The average Bonchev–Trinajstić information content (AvgIpc) is 3.25.